The third-order valence-electron chi connectivity index (χ3n) is 3.45. The Kier molecular flexibility index (Phi) is 3.77. The van der Waals surface area contributed by atoms with Crippen molar-refractivity contribution in [2.75, 3.05) is 13.2 Å². The van der Waals surface area contributed by atoms with Crippen molar-refractivity contribution in [1.29, 1.82) is 0 Å². The standard InChI is InChI=1S/C17H17NO3/c1-12-6-2-3-7-14(12)17(19)18-10-13-11-20-15-8-4-5-9-16(15)21-13/h2-9,13H,10-11H2,1H3,(H,18,19)/t13-/m0/s1. The predicted molar refractivity (Wildman–Crippen MR) is 79.9 cm³/mol. The molecule has 1 aliphatic rings. The number of rotatable bonds is 3. The van der Waals surface area contributed by atoms with E-state index >= 15 is 0 Å². The Hall–Kier alpha value is -2.49. The lowest BCUT2D eigenvalue weighted by Gasteiger charge is -2.26. The number of hydrogen-bond acceptors (Lipinski definition) is 3. The van der Waals surface area contributed by atoms with Gasteiger partial charge in [-0.1, -0.05) is 30.3 Å². The molecule has 2 aromatic carbocycles. The average molecular weight is 283 g/mol. The molecule has 0 aliphatic carbocycles. The Morgan fingerprint density at radius 3 is 2.67 bits per heavy atom. The number of amides is 1. The Balaban J connectivity index is 1.59. The molecule has 2 aromatic rings. The number of ether oxygens (including phenoxy) is 2. The van der Waals surface area contributed by atoms with Crippen molar-refractivity contribution < 1.29 is 14.3 Å². The van der Waals surface area contributed by atoms with E-state index in [0.29, 0.717) is 18.7 Å². The first-order valence-electron chi connectivity index (χ1n) is 6.96. The fourth-order valence-corrected chi connectivity index (χ4v) is 2.29. The smallest absolute Gasteiger partial charge is 0.251 e. The van der Waals surface area contributed by atoms with E-state index < -0.39 is 0 Å². The van der Waals surface area contributed by atoms with Gasteiger partial charge in [0, 0.05) is 5.56 Å². The predicted octanol–water partition coefficient (Wildman–Crippen LogP) is 2.56. The minimum atomic E-state index is -0.173. The molecule has 0 unspecified atom stereocenters. The lowest BCUT2D eigenvalue weighted by molar-refractivity contribution is 0.0789. The molecule has 0 bridgehead atoms. The van der Waals surface area contributed by atoms with E-state index in [9.17, 15) is 4.79 Å². The monoisotopic (exact) mass is 283 g/mol. The second kappa shape index (κ2) is 5.87. The third kappa shape index (κ3) is 2.99. The highest BCUT2D eigenvalue weighted by molar-refractivity contribution is 5.95. The van der Waals surface area contributed by atoms with E-state index in [-0.39, 0.29) is 12.0 Å². The van der Waals surface area contributed by atoms with Crippen LogP contribution in [0.15, 0.2) is 48.5 Å². The number of aryl methyl sites for hydroxylation is 1. The summed E-state index contributed by atoms with van der Waals surface area (Å²) in [5.41, 5.74) is 1.65. The molecule has 1 N–H and O–H groups in total. The van der Waals surface area contributed by atoms with Gasteiger partial charge in [-0.05, 0) is 30.7 Å². The molecule has 0 saturated carbocycles. The van der Waals surface area contributed by atoms with Crippen LogP contribution in [-0.2, 0) is 0 Å². The molecule has 0 radical (unpaired) electrons. The van der Waals surface area contributed by atoms with Gasteiger partial charge in [-0.25, -0.2) is 0 Å². The van der Waals surface area contributed by atoms with Gasteiger partial charge in [0.1, 0.15) is 12.7 Å². The van der Waals surface area contributed by atoms with Gasteiger partial charge in [-0.2, -0.15) is 0 Å². The largest absolute Gasteiger partial charge is 0.486 e. The van der Waals surface area contributed by atoms with Crippen LogP contribution in [0.2, 0.25) is 0 Å². The summed E-state index contributed by atoms with van der Waals surface area (Å²) in [5.74, 6) is 1.38. The quantitative estimate of drug-likeness (QED) is 0.941. The second-order valence-electron chi connectivity index (χ2n) is 5.02. The van der Waals surface area contributed by atoms with Crippen molar-refractivity contribution in [3.8, 4) is 11.5 Å². The van der Waals surface area contributed by atoms with Gasteiger partial charge in [-0.3, -0.25) is 4.79 Å². The number of hydrogen-bond donors (Lipinski definition) is 1. The summed E-state index contributed by atoms with van der Waals surface area (Å²) in [6.07, 6.45) is -0.173. The molecule has 4 heteroatoms. The molecule has 21 heavy (non-hydrogen) atoms. The molecule has 4 nitrogen and oxygen atoms in total. The number of fused-ring (bicyclic) bond motifs is 1. The first kappa shape index (κ1) is 13.5. The molecule has 3 rings (SSSR count). The van der Waals surface area contributed by atoms with Crippen LogP contribution in [0.25, 0.3) is 0 Å². The molecule has 1 amide bonds. The highest BCUT2D eigenvalue weighted by Crippen LogP contribution is 2.30. The first-order valence-corrected chi connectivity index (χ1v) is 6.96. The van der Waals surface area contributed by atoms with E-state index in [2.05, 4.69) is 5.32 Å². The number of benzene rings is 2. The van der Waals surface area contributed by atoms with Gasteiger partial charge in [0.25, 0.3) is 5.91 Å². The van der Waals surface area contributed by atoms with Crippen LogP contribution < -0.4 is 14.8 Å². The molecule has 1 atom stereocenters. The van der Waals surface area contributed by atoms with E-state index in [1.807, 2.05) is 55.5 Å². The van der Waals surface area contributed by atoms with Crippen molar-refractivity contribution in [1.82, 2.24) is 5.32 Å². The zero-order valence-electron chi connectivity index (χ0n) is 11.8. The fraction of sp³-hybridized carbons (Fsp3) is 0.235. The molecular weight excluding hydrogens is 266 g/mol. The van der Waals surface area contributed by atoms with Crippen molar-refractivity contribution in [2.24, 2.45) is 0 Å². The Bertz CT molecular complexity index is 654. The van der Waals surface area contributed by atoms with Gasteiger partial charge >= 0.3 is 0 Å². The zero-order chi connectivity index (χ0) is 14.7. The summed E-state index contributed by atoms with van der Waals surface area (Å²) in [6, 6.07) is 15.1. The first-order chi connectivity index (χ1) is 10.2. The van der Waals surface area contributed by atoms with Crippen LogP contribution in [0, 0.1) is 6.92 Å². The average Bonchev–Trinajstić information content (AvgIpc) is 2.53. The molecule has 0 fully saturated rings. The maximum Gasteiger partial charge on any atom is 0.251 e. The van der Waals surface area contributed by atoms with Crippen molar-refractivity contribution in [2.45, 2.75) is 13.0 Å². The van der Waals surface area contributed by atoms with Crippen LogP contribution >= 0.6 is 0 Å². The molecular formula is C17H17NO3. The number of carbonyl (C=O) groups is 1. The molecule has 0 aromatic heterocycles. The third-order valence-corrected chi connectivity index (χ3v) is 3.45. The van der Waals surface area contributed by atoms with Crippen LogP contribution in [-0.4, -0.2) is 25.2 Å². The van der Waals surface area contributed by atoms with Crippen LogP contribution in [0.3, 0.4) is 0 Å². The molecule has 1 heterocycles. The summed E-state index contributed by atoms with van der Waals surface area (Å²) < 4.78 is 11.4. The number of para-hydroxylation sites is 2. The van der Waals surface area contributed by atoms with Crippen molar-refractivity contribution in [3.05, 3.63) is 59.7 Å². The maximum absolute atomic E-state index is 12.1. The van der Waals surface area contributed by atoms with E-state index in [0.717, 1.165) is 17.1 Å². The van der Waals surface area contributed by atoms with E-state index in [1.165, 1.54) is 0 Å². The van der Waals surface area contributed by atoms with Crippen LogP contribution in [0.5, 0.6) is 11.5 Å². The molecule has 108 valence electrons. The second-order valence-corrected chi connectivity index (χ2v) is 5.02. The Morgan fingerprint density at radius 2 is 1.86 bits per heavy atom. The van der Waals surface area contributed by atoms with Crippen molar-refractivity contribution in [3.63, 3.8) is 0 Å². The summed E-state index contributed by atoms with van der Waals surface area (Å²) in [5, 5.41) is 2.90. The number of carbonyl (C=O) groups excluding carboxylic acids is 1. The fourth-order valence-electron chi connectivity index (χ4n) is 2.29. The minimum Gasteiger partial charge on any atom is -0.486 e. The highest BCUT2D eigenvalue weighted by Gasteiger charge is 2.21. The lowest BCUT2D eigenvalue weighted by Crippen LogP contribution is -2.40. The van der Waals surface area contributed by atoms with E-state index in [1.54, 1.807) is 0 Å². The normalized spacial score (nSPS) is 16.3. The van der Waals surface area contributed by atoms with Crippen LogP contribution in [0.1, 0.15) is 15.9 Å². The summed E-state index contributed by atoms with van der Waals surface area (Å²) >= 11 is 0. The van der Waals surface area contributed by atoms with Crippen LogP contribution in [0.4, 0.5) is 0 Å². The number of nitrogens with one attached hydrogen (secondary N) is 1. The topological polar surface area (TPSA) is 47.6 Å². The van der Waals surface area contributed by atoms with Gasteiger partial charge < -0.3 is 14.8 Å². The Morgan fingerprint density at radius 1 is 1.14 bits per heavy atom. The summed E-state index contributed by atoms with van der Waals surface area (Å²) in [7, 11) is 0. The molecule has 0 spiro atoms. The SMILES string of the molecule is Cc1ccccc1C(=O)NC[C@H]1COc2ccccc2O1. The highest BCUT2D eigenvalue weighted by atomic mass is 16.6. The molecule has 1 aliphatic heterocycles. The maximum atomic E-state index is 12.1. The van der Waals surface area contributed by atoms with Gasteiger partial charge in [0.15, 0.2) is 11.5 Å². The van der Waals surface area contributed by atoms with Gasteiger partial charge in [0.05, 0.1) is 6.54 Å². The Labute approximate surface area is 123 Å². The van der Waals surface area contributed by atoms with Crippen molar-refractivity contribution >= 4 is 5.91 Å². The summed E-state index contributed by atoms with van der Waals surface area (Å²) in [6.45, 7) is 2.78. The van der Waals surface area contributed by atoms with Gasteiger partial charge in [0.2, 0.25) is 0 Å². The van der Waals surface area contributed by atoms with Gasteiger partial charge in [-0.15, -0.1) is 0 Å². The lowest BCUT2D eigenvalue weighted by atomic mass is 10.1. The molecule has 0 saturated heterocycles. The van der Waals surface area contributed by atoms with E-state index in [4.69, 9.17) is 9.47 Å². The minimum absolute atomic E-state index is 0.0874. The summed E-state index contributed by atoms with van der Waals surface area (Å²) in [4.78, 5) is 12.1. The zero-order valence-corrected chi connectivity index (χ0v) is 11.8.